The Hall–Kier alpha value is -0.0457. The van der Waals surface area contributed by atoms with Crippen molar-refractivity contribution < 1.29 is 78.9 Å². The van der Waals surface area contributed by atoms with Crippen LogP contribution in [0.1, 0.15) is 55.4 Å². The number of nitrogens with zero attached hydrogens (tertiary/aromatic N) is 2. The number of rotatable bonds is 20. The summed E-state index contributed by atoms with van der Waals surface area (Å²) >= 11 is -3.58. The van der Waals surface area contributed by atoms with E-state index < -0.39 is 42.7 Å². The van der Waals surface area contributed by atoms with Gasteiger partial charge >= 0.3 is 41.2 Å². The molecule has 0 spiro atoms. The third kappa shape index (κ3) is 20.8. The molecule has 244 valence electrons. The second-order valence-corrected chi connectivity index (χ2v) is 10.4. The molecule has 0 aliphatic carbocycles. The van der Waals surface area contributed by atoms with Crippen molar-refractivity contribution in [3.63, 3.8) is 0 Å². The molecule has 0 aromatic heterocycles. The number of aliphatic hydroxyl groups excluding tert-OH is 5. The second kappa shape index (κ2) is 25.5. The SMILES string of the molecule is CC(C)OC(O)(OC(C)C)C(OC(C)C)(OC(C)C)N(CCO)CCO.OCCN(CCO)CCO.[O]=[Ti]([OH])[OH]. The van der Waals surface area contributed by atoms with Crippen LogP contribution in [0.4, 0.5) is 0 Å². The maximum atomic E-state index is 11.5. The van der Waals surface area contributed by atoms with Gasteiger partial charge in [0.05, 0.1) is 57.5 Å². The van der Waals surface area contributed by atoms with Crippen LogP contribution in [0.5, 0.6) is 0 Å². The molecular weight excluding hydrogens is 572 g/mol. The molecule has 40 heavy (non-hydrogen) atoms. The van der Waals surface area contributed by atoms with Crippen molar-refractivity contribution in [2.24, 2.45) is 0 Å². The summed E-state index contributed by atoms with van der Waals surface area (Å²) in [6, 6.07) is 0. The van der Waals surface area contributed by atoms with Gasteiger partial charge < -0.3 is 49.6 Å². The molecule has 0 rings (SSSR count). The third-order valence-electron chi connectivity index (χ3n) is 4.39. The molecule has 16 heteroatoms. The van der Waals surface area contributed by atoms with Crippen molar-refractivity contribution >= 4 is 0 Å². The van der Waals surface area contributed by atoms with Gasteiger partial charge in [-0.1, -0.05) is 0 Å². The second-order valence-electron chi connectivity index (χ2n) is 9.56. The third-order valence-corrected chi connectivity index (χ3v) is 4.39. The van der Waals surface area contributed by atoms with E-state index in [9.17, 15) is 15.3 Å². The van der Waals surface area contributed by atoms with Gasteiger partial charge in [-0.15, -0.1) is 0 Å². The fourth-order valence-corrected chi connectivity index (χ4v) is 3.39. The maximum absolute atomic E-state index is 11.5. The van der Waals surface area contributed by atoms with Gasteiger partial charge in [0.2, 0.25) is 0 Å². The Kier molecular flexibility index (Phi) is 28.2. The molecule has 0 aromatic rings. The van der Waals surface area contributed by atoms with Gasteiger partial charge in [-0.3, -0.25) is 4.90 Å². The molecule has 0 aliphatic heterocycles. The summed E-state index contributed by atoms with van der Waals surface area (Å²) in [5.74, 6) is -4.19. The van der Waals surface area contributed by atoms with Crippen molar-refractivity contribution in [3.05, 3.63) is 0 Å². The number of hydrogen-bond acceptors (Lipinski definition) is 13. The van der Waals surface area contributed by atoms with Crippen LogP contribution < -0.4 is 0 Å². The predicted octanol–water partition coefficient (Wildman–Crippen LogP) is -1.70. The molecule has 0 aliphatic rings. The molecule has 8 N–H and O–H groups in total. The Balaban J connectivity index is -0.000000803. The molecule has 0 aromatic carbocycles. The molecule has 0 amide bonds. The fourth-order valence-electron chi connectivity index (χ4n) is 3.39. The number of aliphatic hydroxyl groups is 6. The molecule has 0 radical (unpaired) electrons. The Morgan fingerprint density at radius 3 is 1.02 bits per heavy atom. The van der Waals surface area contributed by atoms with Crippen molar-refractivity contribution in [2.45, 2.75) is 91.7 Å². The first kappa shape index (κ1) is 44.4. The molecule has 0 saturated heterocycles. The summed E-state index contributed by atoms with van der Waals surface area (Å²) in [7, 11) is 0. The summed E-state index contributed by atoms with van der Waals surface area (Å²) < 4.78 is 46.9. The van der Waals surface area contributed by atoms with E-state index in [1.54, 1.807) is 60.3 Å². The zero-order valence-electron chi connectivity index (χ0n) is 25.4. The van der Waals surface area contributed by atoms with Crippen LogP contribution in [0.15, 0.2) is 0 Å². The molecule has 0 fully saturated rings. The molecular formula is C24H56N2O13Ti. The number of hydrogen-bond donors (Lipinski definition) is 8. The van der Waals surface area contributed by atoms with E-state index >= 15 is 0 Å². The summed E-state index contributed by atoms with van der Waals surface area (Å²) in [4.78, 5) is 3.29. The zero-order chi connectivity index (χ0) is 31.9. The van der Waals surface area contributed by atoms with Crippen LogP contribution in [-0.4, -0.2) is 150 Å². The average molecular weight is 629 g/mol. The predicted molar refractivity (Wildman–Crippen MR) is 141 cm³/mol. The normalized spacial score (nSPS) is 12.3. The Morgan fingerprint density at radius 2 is 0.825 bits per heavy atom. The Labute approximate surface area is 245 Å². The van der Waals surface area contributed by atoms with E-state index in [0.717, 1.165) is 0 Å². The fraction of sp³-hybridized carbons (Fsp3) is 1.00. The molecule has 0 bridgehead atoms. The Bertz CT molecular complexity index is 557. The van der Waals surface area contributed by atoms with E-state index in [4.69, 9.17) is 45.0 Å². The molecule has 0 unspecified atom stereocenters. The summed E-state index contributed by atoms with van der Waals surface area (Å²) in [6.45, 7) is 15.6. The van der Waals surface area contributed by atoms with Gasteiger partial charge in [0.15, 0.2) is 0 Å². The van der Waals surface area contributed by atoms with E-state index in [1.807, 2.05) is 0 Å². The minimum atomic E-state index is -3.58. The van der Waals surface area contributed by atoms with Crippen LogP contribution in [0.2, 0.25) is 0 Å². The molecule has 0 heterocycles. The zero-order valence-corrected chi connectivity index (χ0v) is 27.0. The van der Waals surface area contributed by atoms with Gasteiger partial charge in [0.1, 0.15) is 0 Å². The van der Waals surface area contributed by atoms with Gasteiger partial charge in [-0.25, -0.2) is 4.90 Å². The quantitative estimate of drug-likeness (QED) is 0.0556. The van der Waals surface area contributed by atoms with Crippen molar-refractivity contribution in [2.75, 3.05) is 65.8 Å². The summed E-state index contributed by atoms with van der Waals surface area (Å²) in [5, 5.41) is 56.0. The van der Waals surface area contributed by atoms with E-state index in [0.29, 0.717) is 19.6 Å². The van der Waals surface area contributed by atoms with Gasteiger partial charge in [-0.2, -0.15) is 0 Å². The van der Waals surface area contributed by atoms with Crippen LogP contribution in [-0.2, 0) is 40.9 Å². The van der Waals surface area contributed by atoms with Crippen molar-refractivity contribution in [3.8, 4) is 0 Å². The first-order valence-corrected chi connectivity index (χ1v) is 15.4. The van der Waals surface area contributed by atoms with Crippen LogP contribution in [0.25, 0.3) is 0 Å². The molecule has 15 nitrogen and oxygen atoms in total. The van der Waals surface area contributed by atoms with E-state index in [1.165, 1.54) is 4.90 Å². The monoisotopic (exact) mass is 628 g/mol. The van der Waals surface area contributed by atoms with E-state index in [-0.39, 0.29) is 58.3 Å². The average Bonchev–Trinajstić information content (AvgIpc) is 2.77. The van der Waals surface area contributed by atoms with Crippen LogP contribution in [0.3, 0.4) is 0 Å². The van der Waals surface area contributed by atoms with Crippen molar-refractivity contribution in [1.82, 2.24) is 9.80 Å². The standard InChI is InChI=1S/C18H39NO7.C6H15NO3.2H2O.O.Ti/c1-13(2)23-17(24-14(3)4,19(9-11-20)10-12-21)18(22,25-15(5)6)26-16(7)8;8-4-1-7(2-5-9)3-6-10;;;;/h13-16,20-22H,9-12H2,1-8H3;8-10H,1-6H2;2*1H2;;/q;;;;;+2/p-2. The van der Waals surface area contributed by atoms with Crippen LogP contribution >= 0.6 is 0 Å². The first-order chi connectivity index (χ1) is 18.5. The summed E-state index contributed by atoms with van der Waals surface area (Å²) in [5.41, 5.74) is 0. The summed E-state index contributed by atoms with van der Waals surface area (Å²) in [6.07, 6.45) is -1.55. The van der Waals surface area contributed by atoms with Gasteiger partial charge in [0, 0.05) is 32.7 Å². The first-order valence-electron chi connectivity index (χ1n) is 13.4. The molecule has 0 saturated carbocycles. The number of ether oxygens (including phenoxy) is 4. The Morgan fingerprint density at radius 1 is 0.575 bits per heavy atom. The molecule has 0 atom stereocenters. The van der Waals surface area contributed by atoms with Gasteiger partial charge in [-0.05, 0) is 55.4 Å². The van der Waals surface area contributed by atoms with Crippen molar-refractivity contribution in [1.29, 1.82) is 0 Å². The van der Waals surface area contributed by atoms with Gasteiger partial charge in [0.25, 0.3) is 0 Å². The van der Waals surface area contributed by atoms with E-state index in [2.05, 4.69) is 0 Å². The topological polar surface area (TPSA) is 222 Å². The minimum absolute atomic E-state index is 0.0694. The van der Waals surface area contributed by atoms with Crippen LogP contribution in [0, 0.1) is 0 Å².